The number of non-ortho nitro benzene ring substituents is 1. The highest BCUT2D eigenvalue weighted by Gasteiger charge is 2.32. The molecule has 0 atom stereocenters. The van der Waals surface area contributed by atoms with Crippen LogP contribution in [-0.2, 0) is 4.74 Å². The molecule has 6 nitrogen and oxygen atoms in total. The number of carbonyl (C=O) groups is 1. The number of rotatable bonds is 5. The van der Waals surface area contributed by atoms with Gasteiger partial charge in [-0.1, -0.05) is 18.2 Å². The number of hydrogen-bond acceptors (Lipinski definition) is 5. The number of carbonyl (C=O) groups excluding carboxylic acids is 1. The first-order chi connectivity index (χ1) is 11.7. The molecule has 9 heteroatoms. The van der Waals surface area contributed by atoms with Gasteiger partial charge in [0.1, 0.15) is 5.75 Å². The van der Waals surface area contributed by atoms with Gasteiger partial charge in [0.25, 0.3) is 5.69 Å². The van der Waals surface area contributed by atoms with Crippen molar-refractivity contribution < 1.29 is 32.4 Å². The molecule has 0 N–H and O–H groups in total. The molecule has 0 saturated heterocycles. The van der Waals surface area contributed by atoms with Crippen LogP contribution in [0.3, 0.4) is 0 Å². The molecule has 0 radical (unpaired) electrons. The lowest BCUT2D eigenvalue weighted by atomic mass is 9.98. The minimum absolute atomic E-state index is 0.00165. The number of nitro benzene ring substituents is 1. The number of benzene rings is 2. The van der Waals surface area contributed by atoms with Crippen molar-refractivity contribution >= 4 is 11.7 Å². The fraction of sp³-hybridized carbons (Fsp3) is 0.188. The number of alkyl halides is 3. The molecule has 0 spiro atoms. The fourth-order valence-corrected chi connectivity index (χ4v) is 2.16. The molecular formula is C16H12F3NO5. The van der Waals surface area contributed by atoms with E-state index in [0.717, 1.165) is 18.2 Å². The van der Waals surface area contributed by atoms with Crippen LogP contribution < -0.4 is 4.74 Å². The average Bonchev–Trinajstić information content (AvgIpc) is 2.53. The Morgan fingerprint density at radius 2 is 1.84 bits per heavy atom. The Balaban J connectivity index is 2.63. The van der Waals surface area contributed by atoms with Gasteiger partial charge in [-0.05, 0) is 19.1 Å². The summed E-state index contributed by atoms with van der Waals surface area (Å²) in [6.07, 6.45) is -4.93. The largest absolute Gasteiger partial charge is 0.573 e. The predicted molar refractivity (Wildman–Crippen MR) is 81.2 cm³/mol. The van der Waals surface area contributed by atoms with Gasteiger partial charge >= 0.3 is 12.3 Å². The molecule has 0 unspecified atom stereocenters. The van der Waals surface area contributed by atoms with Crippen molar-refractivity contribution in [1.29, 1.82) is 0 Å². The first-order valence-electron chi connectivity index (χ1n) is 7.03. The van der Waals surface area contributed by atoms with E-state index in [9.17, 15) is 28.1 Å². The second kappa shape index (κ2) is 7.20. The molecule has 0 heterocycles. The summed E-state index contributed by atoms with van der Waals surface area (Å²) in [7, 11) is 0. The summed E-state index contributed by atoms with van der Waals surface area (Å²) in [6, 6.07) is 8.40. The van der Waals surface area contributed by atoms with Crippen molar-refractivity contribution in [3.05, 3.63) is 58.1 Å². The topological polar surface area (TPSA) is 78.7 Å². The smallest absolute Gasteiger partial charge is 0.462 e. The van der Waals surface area contributed by atoms with Crippen LogP contribution in [0.25, 0.3) is 11.1 Å². The maximum absolute atomic E-state index is 12.6. The SMILES string of the molecule is CCOC(=O)c1cc([N+](=O)[O-])ccc1-c1ccccc1OC(F)(F)F. The van der Waals surface area contributed by atoms with Crippen molar-refractivity contribution in [2.45, 2.75) is 13.3 Å². The van der Waals surface area contributed by atoms with Gasteiger partial charge in [-0.25, -0.2) is 4.79 Å². The van der Waals surface area contributed by atoms with Crippen LogP contribution in [0.15, 0.2) is 42.5 Å². The van der Waals surface area contributed by atoms with E-state index in [-0.39, 0.29) is 29.0 Å². The van der Waals surface area contributed by atoms with E-state index in [0.29, 0.717) is 0 Å². The summed E-state index contributed by atoms with van der Waals surface area (Å²) in [6.45, 7) is 1.54. The van der Waals surface area contributed by atoms with Gasteiger partial charge in [0.2, 0.25) is 0 Å². The van der Waals surface area contributed by atoms with Crippen molar-refractivity contribution in [2.75, 3.05) is 6.61 Å². The van der Waals surface area contributed by atoms with Gasteiger partial charge in [-0.15, -0.1) is 13.2 Å². The van der Waals surface area contributed by atoms with Gasteiger partial charge in [-0.3, -0.25) is 10.1 Å². The van der Waals surface area contributed by atoms with Crippen LogP contribution in [0, 0.1) is 10.1 Å². The van der Waals surface area contributed by atoms with E-state index in [2.05, 4.69) is 4.74 Å². The number of esters is 1. The lowest BCUT2D eigenvalue weighted by Crippen LogP contribution is -2.18. The summed E-state index contributed by atoms with van der Waals surface area (Å²) in [4.78, 5) is 22.3. The first-order valence-corrected chi connectivity index (χ1v) is 7.03. The Labute approximate surface area is 139 Å². The maximum atomic E-state index is 12.6. The number of nitrogens with zero attached hydrogens (tertiary/aromatic N) is 1. The Hall–Kier alpha value is -3.10. The highest BCUT2D eigenvalue weighted by atomic mass is 19.4. The summed E-state index contributed by atoms with van der Waals surface area (Å²) in [5.41, 5.74) is -0.628. The lowest BCUT2D eigenvalue weighted by molar-refractivity contribution is -0.384. The van der Waals surface area contributed by atoms with Crippen LogP contribution >= 0.6 is 0 Å². The van der Waals surface area contributed by atoms with Crippen molar-refractivity contribution in [3.63, 3.8) is 0 Å². The number of ether oxygens (including phenoxy) is 2. The van der Waals surface area contributed by atoms with Crippen LogP contribution in [0.2, 0.25) is 0 Å². The Bertz CT molecular complexity index is 805. The highest BCUT2D eigenvalue weighted by molar-refractivity contribution is 5.99. The van der Waals surface area contributed by atoms with Crippen LogP contribution in [0.5, 0.6) is 5.75 Å². The highest BCUT2D eigenvalue weighted by Crippen LogP contribution is 2.36. The number of para-hydroxylation sites is 1. The Morgan fingerprint density at radius 3 is 2.44 bits per heavy atom. The molecule has 0 amide bonds. The van der Waals surface area contributed by atoms with Gasteiger partial charge in [0, 0.05) is 23.3 Å². The predicted octanol–water partition coefficient (Wildman–Crippen LogP) is 4.34. The van der Waals surface area contributed by atoms with Crippen molar-refractivity contribution in [2.24, 2.45) is 0 Å². The molecule has 0 aliphatic rings. The van der Waals surface area contributed by atoms with E-state index < -0.39 is 23.0 Å². The van der Waals surface area contributed by atoms with E-state index in [1.807, 2.05) is 0 Å². The summed E-state index contributed by atoms with van der Waals surface area (Å²) >= 11 is 0. The molecule has 0 saturated carbocycles. The van der Waals surface area contributed by atoms with E-state index in [4.69, 9.17) is 4.74 Å². The molecular weight excluding hydrogens is 343 g/mol. The minimum atomic E-state index is -4.93. The molecule has 132 valence electrons. The maximum Gasteiger partial charge on any atom is 0.573 e. The standard InChI is InChI=1S/C16H12F3NO5/c1-2-24-15(21)13-9-10(20(22)23)7-8-11(13)12-5-3-4-6-14(12)25-16(17,18)19/h3-9H,2H2,1H3. The summed E-state index contributed by atoms with van der Waals surface area (Å²) in [5.74, 6) is -1.42. The molecule has 2 rings (SSSR count). The number of hydrogen-bond donors (Lipinski definition) is 0. The van der Waals surface area contributed by atoms with E-state index in [1.54, 1.807) is 0 Å². The zero-order valence-corrected chi connectivity index (χ0v) is 12.9. The van der Waals surface area contributed by atoms with E-state index >= 15 is 0 Å². The number of nitro groups is 1. The zero-order chi connectivity index (χ0) is 18.6. The third-order valence-corrected chi connectivity index (χ3v) is 3.11. The molecule has 0 aromatic heterocycles. The van der Waals surface area contributed by atoms with Crippen LogP contribution in [-0.4, -0.2) is 23.9 Å². The molecule has 0 bridgehead atoms. The number of halogens is 3. The quantitative estimate of drug-likeness (QED) is 0.453. The van der Waals surface area contributed by atoms with Crippen LogP contribution in [0.4, 0.5) is 18.9 Å². The molecule has 0 aliphatic carbocycles. The normalized spacial score (nSPS) is 11.0. The Kier molecular flexibility index (Phi) is 5.26. The molecule has 2 aromatic carbocycles. The van der Waals surface area contributed by atoms with Gasteiger partial charge in [-0.2, -0.15) is 0 Å². The van der Waals surface area contributed by atoms with Crippen molar-refractivity contribution in [1.82, 2.24) is 0 Å². The second-order valence-corrected chi connectivity index (χ2v) is 4.75. The monoisotopic (exact) mass is 355 g/mol. The molecule has 0 aliphatic heterocycles. The molecule has 25 heavy (non-hydrogen) atoms. The first kappa shape index (κ1) is 18.2. The van der Waals surface area contributed by atoms with Gasteiger partial charge < -0.3 is 9.47 Å². The lowest BCUT2D eigenvalue weighted by Gasteiger charge is -2.15. The van der Waals surface area contributed by atoms with E-state index in [1.165, 1.54) is 31.2 Å². The van der Waals surface area contributed by atoms with Gasteiger partial charge in [0.05, 0.1) is 17.1 Å². The Morgan fingerprint density at radius 1 is 1.16 bits per heavy atom. The zero-order valence-electron chi connectivity index (χ0n) is 12.9. The fourth-order valence-electron chi connectivity index (χ4n) is 2.16. The minimum Gasteiger partial charge on any atom is -0.462 e. The third-order valence-electron chi connectivity index (χ3n) is 3.11. The van der Waals surface area contributed by atoms with Crippen molar-refractivity contribution in [3.8, 4) is 16.9 Å². The van der Waals surface area contributed by atoms with Gasteiger partial charge in [0.15, 0.2) is 0 Å². The second-order valence-electron chi connectivity index (χ2n) is 4.75. The van der Waals surface area contributed by atoms with Crippen LogP contribution in [0.1, 0.15) is 17.3 Å². The molecule has 0 fully saturated rings. The average molecular weight is 355 g/mol. The third kappa shape index (κ3) is 4.46. The summed E-state index contributed by atoms with van der Waals surface area (Å²) in [5, 5.41) is 10.9. The molecule has 2 aromatic rings. The summed E-state index contributed by atoms with van der Waals surface area (Å²) < 4.78 is 46.6.